The molecule has 2 heteroatoms. The summed E-state index contributed by atoms with van der Waals surface area (Å²) in [5.41, 5.74) is 6.30. The van der Waals surface area contributed by atoms with Crippen LogP contribution in [0.25, 0.3) is 16.7 Å². The fourth-order valence-corrected chi connectivity index (χ4v) is 6.02. The number of allylic oxidation sites excluding steroid dienone is 6. The Morgan fingerprint density at radius 1 is 0.750 bits per heavy atom. The minimum atomic E-state index is 0.397. The molecule has 2 aliphatic rings. The molecule has 2 aromatic carbocycles. The molecule has 0 saturated heterocycles. The van der Waals surface area contributed by atoms with Crippen molar-refractivity contribution in [1.29, 1.82) is 0 Å². The van der Waals surface area contributed by atoms with Gasteiger partial charge < -0.3 is 9.47 Å². The maximum atomic E-state index is 6.37. The summed E-state index contributed by atoms with van der Waals surface area (Å²) in [6, 6.07) is 17.3. The van der Waals surface area contributed by atoms with E-state index in [2.05, 4.69) is 80.6 Å². The van der Waals surface area contributed by atoms with Crippen LogP contribution in [0.15, 0.2) is 78.1 Å². The molecule has 0 amide bonds. The largest absolute Gasteiger partial charge is 0.495 e. The molecule has 0 heterocycles. The Balaban J connectivity index is 1.33. The maximum Gasteiger partial charge on any atom is 0.119 e. The molecule has 216 valence electrons. The summed E-state index contributed by atoms with van der Waals surface area (Å²) in [7, 11) is 0. The van der Waals surface area contributed by atoms with E-state index in [-0.39, 0.29) is 0 Å². The summed E-state index contributed by atoms with van der Waals surface area (Å²) < 4.78 is 12.6. The van der Waals surface area contributed by atoms with Crippen LogP contribution in [0.4, 0.5) is 0 Å². The van der Waals surface area contributed by atoms with E-state index in [0.717, 1.165) is 31.0 Å². The highest BCUT2D eigenvalue weighted by atomic mass is 16.5. The van der Waals surface area contributed by atoms with Gasteiger partial charge >= 0.3 is 0 Å². The highest BCUT2D eigenvalue weighted by Gasteiger charge is 2.17. The van der Waals surface area contributed by atoms with Crippen molar-refractivity contribution in [3.05, 3.63) is 83.7 Å². The van der Waals surface area contributed by atoms with Gasteiger partial charge in [-0.1, -0.05) is 126 Å². The highest BCUT2D eigenvalue weighted by Crippen LogP contribution is 2.36. The van der Waals surface area contributed by atoms with Gasteiger partial charge in [-0.15, -0.1) is 0 Å². The summed E-state index contributed by atoms with van der Waals surface area (Å²) in [5, 5.41) is 0. The molecule has 4 rings (SSSR count). The standard InChI is InChI=1S/C38H52O2/c1-3-4-5-6-7-8-9-10-11-18-29-39-36-27-28-37(33-19-14-12-15-20-33)38(30-36)34-25-23-32(24-26-34)31(2)40-35-21-16-13-17-22-35/h12,14-15,19-20,23,25-28,30,35H,3-11,13,16-18,21-22,24,29H2,1-2H3. The average Bonchev–Trinajstić information content (AvgIpc) is 3.01. The lowest BCUT2D eigenvalue weighted by Gasteiger charge is -2.25. The number of rotatable bonds is 16. The van der Waals surface area contributed by atoms with E-state index in [1.54, 1.807) is 0 Å². The second kappa shape index (κ2) is 17.2. The summed E-state index contributed by atoms with van der Waals surface area (Å²) in [5.74, 6) is 2.06. The monoisotopic (exact) mass is 540 g/mol. The summed E-state index contributed by atoms with van der Waals surface area (Å²) >= 11 is 0. The smallest absolute Gasteiger partial charge is 0.119 e. The van der Waals surface area contributed by atoms with Gasteiger partial charge in [-0.2, -0.15) is 0 Å². The third-order valence-electron chi connectivity index (χ3n) is 8.51. The lowest BCUT2D eigenvalue weighted by molar-refractivity contribution is 0.0819. The predicted octanol–water partition coefficient (Wildman–Crippen LogP) is 11.6. The zero-order valence-corrected chi connectivity index (χ0v) is 25.3. The SMILES string of the molecule is CCCCCCCCCCCCOc1ccc(-c2ccccc2)c(C2=CCC(=C(C)OC3CCCCC3)C=C2)c1. The Bertz CT molecular complexity index is 1100. The average molecular weight is 541 g/mol. The Morgan fingerprint density at radius 3 is 2.12 bits per heavy atom. The van der Waals surface area contributed by atoms with Gasteiger partial charge in [0.2, 0.25) is 0 Å². The summed E-state index contributed by atoms with van der Waals surface area (Å²) in [4.78, 5) is 0. The van der Waals surface area contributed by atoms with Crippen molar-refractivity contribution in [1.82, 2.24) is 0 Å². The van der Waals surface area contributed by atoms with Crippen LogP contribution < -0.4 is 4.74 Å². The number of ether oxygens (including phenoxy) is 2. The normalized spacial score (nSPS) is 17.0. The van der Waals surface area contributed by atoms with Crippen LogP contribution >= 0.6 is 0 Å². The van der Waals surface area contributed by atoms with E-state index in [1.807, 2.05) is 0 Å². The molecule has 2 aliphatic carbocycles. The van der Waals surface area contributed by atoms with Crippen molar-refractivity contribution < 1.29 is 9.47 Å². The Hall–Kier alpha value is -2.74. The molecule has 40 heavy (non-hydrogen) atoms. The van der Waals surface area contributed by atoms with E-state index in [4.69, 9.17) is 9.47 Å². The molecule has 0 bridgehead atoms. The second-order valence-electron chi connectivity index (χ2n) is 11.8. The maximum absolute atomic E-state index is 6.37. The van der Waals surface area contributed by atoms with Crippen LogP contribution in [-0.4, -0.2) is 12.7 Å². The van der Waals surface area contributed by atoms with Crippen LogP contribution in [0.5, 0.6) is 5.75 Å². The quantitative estimate of drug-likeness (QED) is 0.156. The molecular formula is C38H52O2. The molecule has 1 saturated carbocycles. The van der Waals surface area contributed by atoms with Crippen LogP contribution in [0, 0.1) is 0 Å². The number of hydrogen-bond donors (Lipinski definition) is 0. The molecule has 0 spiro atoms. The number of benzene rings is 2. The van der Waals surface area contributed by atoms with Crippen LogP contribution in [0.1, 0.15) is 122 Å². The first kappa shape index (κ1) is 30.2. The van der Waals surface area contributed by atoms with Crippen molar-refractivity contribution in [2.24, 2.45) is 0 Å². The third kappa shape index (κ3) is 9.72. The molecule has 0 aliphatic heterocycles. The minimum absolute atomic E-state index is 0.397. The summed E-state index contributed by atoms with van der Waals surface area (Å²) in [6.07, 6.45) is 28.0. The number of unbranched alkanes of at least 4 members (excludes halogenated alkanes) is 9. The van der Waals surface area contributed by atoms with Gasteiger partial charge in [-0.05, 0) is 85.4 Å². The molecule has 0 unspecified atom stereocenters. The van der Waals surface area contributed by atoms with Gasteiger partial charge in [0.05, 0.1) is 18.5 Å². The molecule has 0 aromatic heterocycles. The first-order valence-corrected chi connectivity index (χ1v) is 16.3. The van der Waals surface area contributed by atoms with Gasteiger partial charge in [0.25, 0.3) is 0 Å². The molecule has 0 atom stereocenters. The molecule has 1 fully saturated rings. The zero-order valence-electron chi connectivity index (χ0n) is 25.3. The second-order valence-corrected chi connectivity index (χ2v) is 11.8. The molecular weight excluding hydrogens is 488 g/mol. The first-order valence-electron chi connectivity index (χ1n) is 16.3. The van der Waals surface area contributed by atoms with Crippen LogP contribution in [0.2, 0.25) is 0 Å². The lowest BCUT2D eigenvalue weighted by Crippen LogP contribution is -2.16. The van der Waals surface area contributed by atoms with Gasteiger partial charge in [0.1, 0.15) is 5.75 Å². The van der Waals surface area contributed by atoms with Gasteiger partial charge in [0.15, 0.2) is 0 Å². The van der Waals surface area contributed by atoms with Gasteiger partial charge in [-0.25, -0.2) is 0 Å². The van der Waals surface area contributed by atoms with Gasteiger partial charge in [-0.3, -0.25) is 0 Å². The van der Waals surface area contributed by atoms with E-state index >= 15 is 0 Å². The van der Waals surface area contributed by atoms with Crippen LogP contribution in [0.3, 0.4) is 0 Å². The van der Waals surface area contributed by atoms with Crippen molar-refractivity contribution in [3.8, 4) is 16.9 Å². The molecule has 0 N–H and O–H groups in total. The Kier molecular flexibility index (Phi) is 13.0. The van der Waals surface area contributed by atoms with Crippen LogP contribution in [-0.2, 0) is 4.74 Å². The fraction of sp³-hybridized carbons (Fsp3) is 0.526. The topological polar surface area (TPSA) is 18.5 Å². The van der Waals surface area contributed by atoms with E-state index in [1.165, 1.54) is 118 Å². The minimum Gasteiger partial charge on any atom is -0.495 e. The summed E-state index contributed by atoms with van der Waals surface area (Å²) in [6.45, 7) is 5.22. The molecule has 2 nitrogen and oxygen atoms in total. The van der Waals surface area contributed by atoms with Gasteiger partial charge in [0, 0.05) is 0 Å². The zero-order chi connectivity index (χ0) is 27.8. The van der Waals surface area contributed by atoms with Crippen molar-refractivity contribution in [2.75, 3.05) is 6.61 Å². The first-order chi connectivity index (χ1) is 19.7. The van der Waals surface area contributed by atoms with E-state index in [9.17, 15) is 0 Å². The van der Waals surface area contributed by atoms with Crippen molar-refractivity contribution in [2.45, 2.75) is 123 Å². The molecule has 0 radical (unpaired) electrons. The number of hydrogen-bond acceptors (Lipinski definition) is 2. The Morgan fingerprint density at radius 2 is 1.45 bits per heavy atom. The van der Waals surface area contributed by atoms with E-state index in [0.29, 0.717) is 6.10 Å². The predicted molar refractivity (Wildman–Crippen MR) is 172 cm³/mol. The van der Waals surface area contributed by atoms with Crippen molar-refractivity contribution >= 4 is 5.57 Å². The molecule has 2 aromatic rings. The lowest BCUT2D eigenvalue weighted by atomic mass is 9.90. The van der Waals surface area contributed by atoms with E-state index < -0.39 is 0 Å². The Labute approximate surface area is 244 Å². The highest BCUT2D eigenvalue weighted by molar-refractivity contribution is 5.87. The van der Waals surface area contributed by atoms with Crippen molar-refractivity contribution in [3.63, 3.8) is 0 Å². The third-order valence-corrected chi connectivity index (χ3v) is 8.51. The fourth-order valence-electron chi connectivity index (χ4n) is 6.02.